The number of hydrogen-bond donors (Lipinski definition) is 3. The molecule has 0 amide bonds. The molecule has 1 fully saturated rings. The highest BCUT2D eigenvalue weighted by Crippen LogP contribution is 2.41. The largest absolute Gasteiger partial charge is 0.447 e. The molecule has 4 N–H and O–H groups in total. The summed E-state index contributed by atoms with van der Waals surface area (Å²) in [6.07, 6.45) is 0.910. The van der Waals surface area contributed by atoms with Crippen LogP contribution in [0.25, 0.3) is 5.52 Å². The lowest BCUT2D eigenvalue weighted by Crippen LogP contribution is -2.46. The first-order chi connectivity index (χ1) is 12.7. The van der Waals surface area contributed by atoms with Gasteiger partial charge in [0.1, 0.15) is 6.17 Å². The molecule has 148 valence electrons. The summed E-state index contributed by atoms with van der Waals surface area (Å²) in [5.41, 5.74) is 1.84. The Labute approximate surface area is 157 Å². The molecule has 2 aromatic heterocycles. The van der Waals surface area contributed by atoms with Gasteiger partial charge in [-0.25, -0.2) is 4.39 Å². The van der Waals surface area contributed by atoms with Crippen LogP contribution in [-0.2, 0) is 0 Å². The van der Waals surface area contributed by atoms with Gasteiger partial charge in [0, 0.05) is 31.0 Å². The molecule has 27 heavy (non-hydrogen) atoms. The molecule has 0 aliphatic carbocycles. The normalized spacial score (nSPS) is 22.3. The van der Waals surface area contributed by atoms with Crippen molar-refractivity contribution in [2.75, 3.05) is 25.5 Å². The molecule has 2 aromatic rings. The predicted octanol–water partition coefficient (Wildman–Crippen LogP) is 3.10. The summed E-state index contributed by atoms with van der Waals surface area (Å²) in [7, 11) is 1.83. The number of nitrogens with one attached hydrogen (secondary N) is 1. The van der Waals surface area contributed by atoms with E-state index in [1.165, 1.54) is 16.7 Å². The molecule has 3 heterocycles. The molecule has 1 aliphatic heterocycles. The molecular weight excluding hydrogens is 386 g/mol. The van der Waals surface area contributed by atoms with Gasteiger partial charge in [-0.05, 0) is 31.7 Å². The van der Waals surface area contributed by atoms with Crippen molar-refractivity contribution in [2.45, 2.75) is 29.2 Å². The van der Waals surface area contributed by atoms with Gasteiger partial charge in [0.25, 0.3) is 0 Å². The second kappa shape index (κ2) is 7.47. The van der Waals surface area contributed by atoms with Gasteiger partial charge in [0.05, 0.1) is 27.8 Å². The average Bonchev–Trinajstić information content (AvgIpc) is 2.94. The van der Waals surface area contributed by atoms with Crippen molar-refractivity contribution in [3.63, 3.8) is 0 Å². The molecule has 0 aromatic carbocycles. The molecule has 1 saturated heterocycles. The van der Waals surface area contributed by atoms with Gasteiger partial charge in [0.15, 0.2) is 5.84 Å². The minimum atomic E-state index is -4.56. The van der Waals surface area contributed by atoms with E-state index in [1.807, 2.05) is 11.9 Å². The van der Waals surface area contributed by atoms with E-state index >= 15 is 0 Å². The fraction of sp³-hybridized carbons (Fsp3) is 0.438. The Morgan fingerprint density at radius 2 is 2.19 bits per heavy atom. The van der Waals surface area contributed by atoms with E-state index in [9.17, 15) is 17.6 Å². The van der Waals surface area contributed by atoms with E-state index in [4.69, 9.17) is 10.9 Å². The molecular formula is C16H19F4N5OS. The first kappa shape index (κ1) is 19.6. The van der Waals surface area contributed by atoms with Crippen LogP contribution >= 0.6 is 11.8 Å². The zero-order valence-electron chi connectivity index (χ0n) is 14.4. The summed E-state index contributed by atoms with van der Waals surface area (Å²) < 4.78 is 54.6. The number of anilines is 1. The van der Waals surface area contributed by atoms with Crippen molar-refractivity contribution in [1.29, 1.82) is 0 Å². The minimum absolute atomic E-state index is 0.0470. The molecule has 0 saturated carbocycles. The van der Waals surface area contributed by atoms with Crippen molar-refractivity contribution in [3.8, 4) is 0 Å². The van der Waals surface area contributed by atoms with Gasteiger partial charge in [-0.3, -0.25) is 0 Å². The van der Waals surface area contributed by atoms with Gasteiger partial charge in [-0.1, -0.05) is 5.16 Å². The summed E-state index contributed by atoms with van der Waals surface area (Å²) in [5, 5.41) is 14.6. The molecule has 11 heteroatoms. The molecule has 3 rings (SSSR count). The molecule has 0 spiro atoms. The maximum atomic E-state index is 14.3. The molecule has 1 aliphatic rings. The van der Waals surface area contributed by atoms with Crippen molar-refractivity contribution in [3.05, 3.63) is 30.0 Å². The Bertz CT molecular complexity index is 853. The highest BCUT2D eigenvalue weighted by atomic mass is 32.2. The Morgan fingerprint density at radius 3 is 2.81 bits per heavy atom. The average molecular weight is 405 g/mol. The van der Waals surface area contributed by atoms with Gasteiger partial charge < -0.3 is 25.6 Å². The molecule has 6 nitrogen and oxygen atoms in total. The first-order valence-electron chi connectivity index (χ1n) is 8.16. The number of amidine groups is 1. The van der Waals surface area contributed by atoms with Crippen LogP contribution in [0, 0.1) is 0 Å². The van der Waals surface area contributed by atoms with Crippen LogP contribution in [0.3, 0.4) is 0 Å². The van der Waals surface area contributed by atoms with Crippen LogP contribution in [0.1, 0.15) is 12.0 Å². The van der Waals surface area contributed by atoms with Crippen molar-refractivity contribution in [1.82, 2.24) is 9.30 Å². The van der Waals surface area contributed by atoms with Gasteiger partial charge in [0.2, 0.25) is 0 Å². The van der Waals surface area contributed by atoms with E-state index in [-0.39, 0.29) is 28.9 Å². The third-order valence-corrected chi connectivity index (χ3v) is 5.29. The predicted molar refractivity (Wildman–Crippen MR) is 96.2 cm³/mol. The standard InChI is InChI=1S/C16H19F4N5OS/c1-24-6-4-11(10(17)8-24)22-12-3-2-5-25-13(12)7-9(14(21)23-26)15(25)27-16(18,19)20/h2-3,5,7,10-11,22,26H,4,6,8H2,1H3,(H2,21,23)/t10-,11+/m0/s1. The van der Waals surface area contributed by atoms with Crippen LogP contribution in [0.5, 0.6) is 0 Å². The number of aromatic nitrogens is 1. The number of oxime groups is 1. The second-order valence-electron chi connectivity index (χ2n) is 6.39. The van der Waals surface area contributed by atoms with Gasteiger partial charge in [-0.15, -0.1) is 0 Å². The Kier molecular flexibility index (Phi) is 5.43. The fourth-order valence-electron chi connectivity index (χ4n) is 3.17. The number of alkyl halides is 4. The number of thioether (sulfide) groups is 1. The third kappa shape index (κ3) is 4.24. The number of pyridine rings is 1. The van der Waals surface area contributed by atoms with Crippen molar-refractivity contribution >= 4 is 28.8 Å². The fourth-order valence-corrected chi connectivity index (χ4v) is 3.92. The van der Waals surface area contributed by atoms with Gasteiger partial charge in [-0.2, -0.15) is 13.2 Å². The van der Waals surface area contributed by atoms with E-state index < -0.39 is 23.6 Å². The number of likely N-dealkylation sites (tertiary alicyclic amines) is 1. The summed E-state index contributed by atoms with van der Waals surface area (Å²) in [6.45, 7) is 0.999. The minimum Gasteiger partial charge on any atom is -0.409 e. The van der Waals surface area contributed by atoms with Crippen molar-refractivity contribution < 1.29 is 22.8 Å². The zero-order chi connectivity index (χ0) is 19.8. The molecule has 0 unspecified atom stereocenters. The van der Waals surface area contributed by atoms with Crippen LogP contribution in [0.15, 0.2) is 34.6 Å². The number of piperidine rings is 1. The third-order valence-electron chi connectivity index (χ3n) is 4.45. The lowest BCUT2D eigenvalue weighted by Gasteiger charge is -2.33. The number of nitrogens with zero attached hydrogens (tertiary/aromatic N) is 3. The van der Waals surface area contributed by atoms with E-state index in [2.05, 4.69) is 10.5 Å². The number of halogens is 4. The molecule has 0 bridgehead atoms. The smallest absolute Gasteiger partial charge is 0.409 e. The van der Waals surface area contributed by atoms with Gasteiger partial charge >= 0.3 is 5.51 Å². The summed E-state index contributed by atoms with van der Waals surface area (Å²) in [6, 6.07) is 4.17. The molecule has 0 radical (unpaired) electrons. The number of nitrogens with two attached hydrogens (primary N) is 1. The Balaban J connectivity index is 2.03. The SMILES string of the molecule is CN1CC[C@@H](Nc2cccn3c(SC(F)(F)F)c(/C(N)=N/O)cc23)[C@@H](F)C1. The summed E-state index contributed by atoms with van der Waals surface area (Å²) >= 11 is -0.355. The highest BCUT2D eigenvalue weighted by Gasteiger charge is 2.34. The quantitative estimate of drug-likeness (QED) is 0.182. The summed E-state index contributed by atoms with van der Waals surface area (Å²) in [4.78, 5) is 1.88. The number of hydrogen-bond acceptors (Lipinski definition) is 5. The maximum Gasteiger partial charge on any atom is 0.447 e. The van der Waals surface area contributed by atoms with Crippen LogP contribution in [-0.4, -0.2) is 58.2 Å². The maximum absolute atomic E-state index is 14.3. The monoisotopic (exact) mass is 405 g/mol. The van der Waals surface area contributed by atoms with Crippen LogP contribution in [0.4, 0.5) is 23.2 Å². The lowest BCUT2D eigenvalue weighted by atomic mass is 10.0. The van der Waals surface area contributed by atoms with Crippen LogP contribution in [0.2, 0.25) is 0 Å². The number of rotatable bonds is 4. The zero-order valence-corrected chi connectivity index (χ0v) is 15.2. The topological polar surface area (TPSA) is 78.3 Å². The van der Waals surface area contributed by atoms with E-state index in [0.717, 1.165) is 0 Å². The van der Waals surface area contributed by atoms with Crippen LogP contribution < -0.4 is 11.1 Å². The highest BCUT2D eigenvalue weighted by molar-refractivity contribution is 8.00. The van der Waals surface area contributed by atoms with E-state index in [0.29, 0.717) is 24.2 Å². The molecule has 2 atom stereocenters. The Morgan fingerprint density at radius 1 is 1.44 bits per heavy atom. The number of fused-ring (bicyclic) bond motifs is 1. The second-order valence-corrected chi connectivity index (χ2v) is 7.44. The van der Waals surface area contributed by atoms with E-state index in [1.54, 1.807) is 12.1 Å². The Hall–Kier alpha value is -2.14. The summed E-state index contributed by atoms with van der Waals surface area (Å²) in [5.74, 6) is -0.431. The first-order valence-corrected chi connectivity index (χ1v) is 8.98. The lowest BCUT2D eigenvalue weighted by molar-refractivity contribution is -0.0329. The van der Waals surface area contributed by atoms with Crippen molar-refractivity contribution in [2.24, 2.45) is 10.9 Å².